The molecule has 0 radical (unpaired) electrons. The van der Waals surface area contributed by atoms with Gasteiger partial charge in [0.2, 0.25) is 5.91 Å². The van der Waals surface area contributed by atoms with Crippen molar-refractivity contribution in [2.45, 2.75) is 26.3 Å². The first-order chi connectivity index (χ1) is 14.5. The lowest BCUT2D eigenvalue weighted by Gasteiger charge is -2.26. The average molecular weight is 409 g/mol. The van der Waals surface area contributed by atoms with Gasteiger partial charge in [0.05, 0.1) is 24.2 Å². The monoisotopic (exact) mass is 408 g/mol. The van der Waals surface area contributed by atoms with E-state index < -0.39 is 0 Å². The zero-order valence-corrected chi connectivity index (χ0v) is 17.6. The van der Waals surface area contributed by atoms with Crippen molar-refractivity contribution in [3.63, 3.8) is 0 Å². The van der Waals surface area contributed by atoms with E-state index in [-0.39, 0.29) is 23.7 Å². The molecule has 0 aromatic heterocycles. The summed E-state index contributed by atoms with van der Waals surface area (Å²) in [4.78, 5) is 17.2. The van der Waals surface area contributed by atoms with Gasteiger partial charge in [-0.25, -0.2) is 4.39 Å². The highest BCUT2D eigenvalue weighted by atomic mass is 19.1. The van der Waals surface area contributed by atoms with E-state index in [0.29, 0.717) is 12.1 Å². The first-order valence-corrected chi connectivity index (χ1v) is 10.5. The molecule has 1 heterocycles. The Morgan fingerprint density at radius 3 is 2.40 bits per heavy atom. The van der Waals surface area contributed by atoms with Gasteiger partial charge in [0.25, 0.3) is 0 Å². The quantitative estimate of drug-likeness (QED) is 0.791. The largest absolute Gasteiger partial charge is 0.370 e. The van der Waals surface area contributed by atoms with Crippen molar-refractivity contribution in [1.29, 1.82) is 5.26 Å². The fourth-order valence-electron chi connectivity index (χ4n) is 3.86. The third-order valence-electron chi connectivity index (χ3n) is 5.53. The fraction of sp³-hybridized carbons (Fsp3) is 0.417. The SMILES string of the molecule is CC(C)C(NC(=O)CN1CCCN(c2ccc(C#N)cc2)CC1)c1ccc(F)cc1. The number of amides is 1. The van der Waals surface area contributed by atoms with Crippen LogP contribution in [0.25, 0.3) is 0 Å². The molecule has 2 aromatic carbocycles. The van der Waals surface area contributed by atoms with Crippen LogP contribution in [0.1, 0.15) is 37.4 Å². The molecule has 0 bridgehead atoms. The average Bonchev–Trinajstić information content (AvgIpc) is 2.98. The molecule has 3 rings (SSSR count). The first-order valence-electron chi connectivity index (χ1n) is 10.5. The number of hydrogen-bond donors (Lipinski definition) is 1. The van der Waals surface area contributed by atoms with Crippen LogP contribution >= 0.6 is 0 Å². The fourth-order valence-corrected chi connectivity index (χ4v) is 3.86. The molecule has 6 heteroatoms. The van der Waals surface area contributed by atoms with Crippen molar-refractivity contribution in [3.8, 4) is 6.07 Å². The molecule has 1 aliphatic rings. The predicted octanol–water partition coefficient (Wildman–Crippen LogP) is 3.72. The number of carbonyl (C=O) groups is 1. The van der Waals surface area contributed by atoms with Crippen molar-refractivity contribution >= 4 is 11.6 Å². The number of nitrogens with zero attached hydrogens (tertiary/aromatic N) is 3. The molecule has 0 spiro atoms. The molecule has 1 saturated heterocycles. The van der Waals surface area contributed by atoms with Crippen molar-refractivity contribution in [2.75, 3.05) is 37.6 Å². The molecule has 5 nitrogen and oxygen atoms in total. The maximum Gasteiger partial charge on any atom is 0.234 e. The second-order valence-corrected chi connectivity index (χ2v) is 8.12. The van der Waals surface area contributed by atoms with E-state index in [1.807, 2.05) is 24.3 Å². The highest BCUT2D eigenvalue weighted by Crippen LogP contribution is 2.22. The van der Waals surface area contributed by atoms with Crippen molar-refractivity contribution in [3.05, 3.63) is 65.5 Å². The van der Waals surface area contributed by atoms with Crippen LogP contribution in [0.4, 0.5) is 10.1 Å². The van der Waals surface area contributed by atoms with Crippen molar-refractivity contribution in [2.24, 2.45) is 5.92 Å². The van der Waals surface area contributed by atoms with Crippen LogP contribution in [-0.4, -0.2) is 43.5 Å². The Kier molecular flexibility index (Phi) is 7.42. The summed E-state index contributed by atoms with van der Waals surface area (Å²) in [6, 6.07) is 16.0. The number of rotatable bonds is 6. The predicted molar refractivity (Wildman–Crippen MR) is 117 cm³/mol. The molecule has 1 N–H and O–H groups in total. The normalized spacial score (nSPS) is 16.0. The Hall–Kier alpha value is -2.91. The van der Waals surface area contributed by atoms with E-state index in [1.54, 1.807) is 12.1 Å². The van der Waals surface area contributed by atoms with Crippen LogP contribution in [0.2, 0.25) is 0 Å². The molecule has 1 unspecified atom stereocenters. The summed E-state index contributed by atoms with van der Waals surface area (Å²) < 4.78 is 13.2. The molecule has 0 aliphatic carbocycles. The molecule has 30 heavy (non-hydrogen) atoms. The van der Waals surface area contributed by atoms with Gasteiger partial charge < -0.3 is 10.2 Å². The minimum atomic E-state index is -0.274. The Morgan fingerprint density at radius 2 is 1.77 bits per heavy atom. The molecular weight excluding hydrogens is 379 g/mol. The second-order valence-electron chi connectivity index (χ2n) is 8.12. The van der Waals surface area contributed by atoms with E-state index in [2.05, 4.69) is 35.0 Å². The highest BCUT2D eigenvalue weighted by Gasteiger charge is 2.21. The van der Waals surface area contributed by atoms with E-state index in [4.69, 9.17) is 5.26 Å². The van der Waals surface area contributed by atoms with Gasteiger partial charge in [-0.05, 0) is 54.3 Å². The standard InChI is InChI=1S/C24H29FN4O/c1-18(2)24(20-6-8-21(25)9-7-20)27-23(30)17-28-12-3-13-29(15-14-28)22-10-4-19(16-26)5-11-22/h4-11,18,24H,3,12-15,17H2,1-2H3,(H,27,30). The molecule has 1 fully saturated rings. The summed E-state index contributed by atoms with van der Waals surface area (Å²) in [6.07, 6.45) is 0.971. The smallest absolute Gasteiger partial charge is 0.234 e. The second kappa shape index (κ2) is 10.2. The molecule has 0 saturated carbocycles. The van der Waals surface area contributed by atoms with Crippen LogP contribution in [-0.2, 0) is 4.79 Å². The van der Waals surface area contributed by atoms with E-state index in [1.165, 1.54) is 12.1 Å². The van der Waals surface area contributed by atoms with Crippen molar-refractivity contribution < 1.29 is 9.18 Å². The van der Waals surface area contributed by atoms with Crippen LogP contribution in [0.3, 0.4) is 0 Å². The Bertz CT molecular complexity index is 874. The minimum Gasteiger partial charge on any atom is -0.370 e. The lowest BCUT2D eigenvalue weighted by molar-refractivity contribution is -0.123. The van der Waals surface area contributed by atoms with E-state index in [9.17, 15) is 9.18 Å². The van der Waals surface area contributed by atoms with Gasteiger partial charge >= 0.3 is 0 Å². The number of halogens is 1. The zero-order chi connectivity index (χ0) is 21.5. The van der Waals surface area contributed by atoms with Gasteiger partial charge in [-0.15, -0.1) is 0 Å². The summed E-state index contributed by atoms with van der Waals surface area (Å²) in [5.74, 6) is -0.0794. The maximum absolute atomic E-state index is 13.2. The third kappa shape index (κ3) is 5.80. The third-order valence-corrected chi connectivity index (χ3v) is 5.53. The number of carbonyl (C=O) groups excluding carboxylic acids is 1. The molecular formula is C24H29FN4O. The van der Waals surface area contributed by atoms with E-state index in [0.717, 1.165) is 43.9 Å². The summed E-state index contributed by atoms with van der Waals surface area (Å²) in [7, 11) is 0. The topological polar surface area (TPSA) is 59.4 Å². The van der Waals surface area contributed by atoms with Gasteiger partial charge in [0, 0.05) is 31.9 Å². The number of hydrogen-bond acceptors (Lipinski definition) is 4. The zero-order valence-electron chi connectivity index (χ0n) is 17.6. The molecule has 1 atom stereocenters. The number of nitrogens with one attached hydrogen (secondary N) is 1. The number of anilines is 1. The van der Waals surface area contributed by atoms with Crippen LogP contribution in [0.5, 0.6) is 0 Å². The summed E-state index contributed by atoms with van der Waals surface area (Å²) >= 11 is 0. The lowest BCUT2D eigenvalue weighted by Crippen LogP contribution is -2.41. The molecule has 158 valence electrons. The number of nitriles is 1. The van der Waals surface area contributed by atoms with Crippen molar-refractivity contribution in [1.82, 2.24) is 10.2 Å². The molecule has 1 amide bonds. The Labute approximate surface area is 178 Å². The Balaban J connectivity index is 1.55. The Morgan fingerprint density at radius 1 is 1.07 bits per heavy atom. The van der Waals surface area contributed by atoms with Crippen LogP contribution in [0, 0.1) is 23.1 Å². The minimum absolute atomic E-state index is 0.00940. The first kappa shape index (κ1) is 21.8. The van der Waals surface area contributed by atoms with Gasteiger partial charge in [0.15, 0.2) is 0 Å². The highest BCUT2D eigenvalue weighted by molar-refractivity contribution is 5.78. The summed E-state index contributed by atoms with van der Waals surface area (Å²) in [5.41, 5.74) is 2.69. The van der Waals surface area contributed by atoms with E-state index >= 15 is 0 Å². The van der Waals surface area contributed by atoms with Gasteiger partial charge in [0.1, 0.15) is 5.82 Å². The summed E-state index contributed by atoms with van der Waals surface area (Å²) in [5, 5.41) is 12.1. The number of benzene rings is 2. The lowest BCUT2D eigenvalue weighted by atomic mass is 9.96. The summed E-state index contributed by atoms with van der Waals surface area (Å²) in [6.45, 7) is 7.88. The van der Waals surface area contributed by atoms with Gasteiger partial charge in [-0.1, -0.05) is 26.0 Å². The molecule has 1 aliphatic heterocycles. The van der Waals surface area contributed by atoms with Crippen LogP contribution < -0.4 is 10.2 Å². The van der Waals surface area contributed by atoms with Gasteiger partial charge in [-0.2, -0.15) is 5.26 Å². The molecule has 2 aromatic rings. The van der Waals surface area contributed by atoms with Gasteiger partial charge in [-0.3, -0.25) is 9.69 Å². The van der Waals surface area contributed by atoms with Crippen LogP contribution in [0.15, 0.2) is 48.5 Å². The maximum atomic E-state index is 13.2.